The van der Waals surface area contributed by atoms with Crippen LogP contribution < -0.4 is 15.1 Å². The van der Waals surface area contributed by atoms with E-state index >= 15 is 0 Å². The van der Waals surface area contributed by atoms with Gasteiger partial charge in [0, 0.05) is 81.1 Å². The Bertz CT molecular complexity index is 1140. The molecule has 0 bridgehead atoms. The lowest BCUT2D eigenvalue weighted by atomic mass is 10.1. The Balaban J connectivity index is 1.47. The molecule has 3 aromatic heterocycles. The first-order chi connectivity index (χ1) is 14.7. The molecule has 4 heterocycles. The van der Waals surface area contributed by atoms with Crippen molar-refractivity contribution in [3.63, 3.8) is 0 Å². The standard InChI is InChI=1S/C24H25N5O/c1-28(2)23-8-5-18(16-27-23)20-9-10-26-21-15-22(30-24(20)21)17-3-6-19(7-4-17)29-13-11-25-12-14-29/h3-10,15-16,25H,11-14H2,1-2H3. The van der Waals surface area contributed by atoms with Crippen molar-refractivity contribution >= 4 is 22.6 Å². The van der Waals surface area contributed by atoms with Crippen molar-refractivity contribution in [1.82, 2.24) is 15.3 Å². The number of nitrogens with zero attached hydrogens (tertiary/aromatic N) is 4. The number of piperazine rings is 1. The summed E-state index contributed by atoms with van der Waals surface area (Å²) in [6, 6.07) is 16.7. The second-order valence-electron chi connectivity index (χ2n) is 7.77. The molecule has 152 valence electrons. The molecule has 1 saturated heterocycles. The Hall–Kier alpha value is -3.38. The molecule has 1 aliphatic rings. The first kappa shape index (κ1) is 18.6. The van der Waals surface area contributed by atoms with Crippen molar-refractivity contribution in [2.75, 3.05) is 50.1 Å². The van der Waals surface area contributed by atoms with E-state index in [-0.39, 0.29) is 0 Å². The maximum atomic E-state index is 6.28. The number of rotatable bonds is 4. The van der Waals surface area contributed by atoms with Crippen LogP contribution in [0.15, 0.2) is 65.3 Å². The third-order valence-corrected chi connectivity index (χ3v) is 5.56. The quantitative estimate of drug-likeness (QED) is 0.559. The zero-order chi connectivity index (χ0) is 20.5. The number of pyridine rings is 2. The zero-order valence-corrected chi connectivity index (χ0v) is 17.3. The second kappa shape index (κ2) is 7.80. The number of aromatic nitrogens is 2. The van der Waals surface area contributed by atoms with E-state index in [1.807, 2.05) is 49.6 Å². The summed E-state index contributed by atoms with van der Waals surface area (Å²) in [6.07, 6.45) is 3.71. The molecular formula is C24H25N5O. The summed E-state index contributed by atoms with van der Waals surface area (Å²) in [7, 11) is 3.97. The Kier molecular flexibility index (Phi) is 4.85. The molecule has 4 aromatic rings. The molecule has 0 atom stereocenters. The van der Waals surface area contributed by atoms with Crippen LogP contribution in [0, 0.1) is 0 Å². The van der Waals surface area contributed by atoms with Crippen LogP contribution in [0.5, 0.6) is 0 Å². The minimum absolute atomic E-state index is 0.790. The average molecular weight is 399 g/mol. The lowest BCUT2D eigenvalue weighted by Crippen LogP contribution is -2.43. The molecule has 1 fully saturated rings. The Labute approximate surface area is 176 Å². The highest BCUT2D eigenvalue weighted by Gasteiger charge is 2.14. The van der Waals surface area contributed by atoms with Crippen LogP contribution in [-0.2, 0) is 0 Å². The molecular weight excluding hydrogens is 374 g/mol. The molecule has 5 rings (SSSR count). The fourth-order valence-corrected chi connectivity index (χ4v) is 3.88. The lowest BCUT2D eigenvalue weighted by molar-refractivity contribution is 0.589. The smallest absolute Gasteiger partial charge is 0.161 e. The van der Waals surface area contributed by atoms with Gasteiger partial charge in [-0.1, -0.05) is 0 Å². The summed E-state index contributed by atoms with van der Waals surface area (Å²) in [4.78, 5) is 13.4. The predicted molar refractivity (Wildman–Crippen MR) is 122 cm³/mol. The monoisotopic (exact) mass is 399 g/mol. The topological polar surface area (TPSA) is 57.4 Å². The third-order valence-electron chi connectivity index (χ3n) is 5.56. The summed E-state index contributed by atoms with van der Waals surface area (Å²) in [6.45, 7) is 4.14. The number of hydrogen-bond donors (Lipinski definition) is 1. The number of anilines is 2. The predicted octanol–water partition coefficient (Wildman–Crippen LogP) is 4.03. The molecule has 0 unspecified atom stereocenters. The fourth-order valence-electron chi connectivity index (χ4n) is 3.88. The van der Waals surface area contributed by atoms with Gasteiger partial charge in [-0.15, -0.1) is 0 Å². The van der Waals surface area contributed by atoms with Gasteiger partial charge in [0.15, 0.2) is 5.58 Å². The molecule has 0 spiro atoms. The van der Waals surface area contributed by atoms with Gasteiger partial charge in [-0.25, -0.2) is 4.98 Å². The summed E-state index contributed by atoms with van der Waals surface area (Å²) < 4.78 is 6.28. The van der Waals surface area contributed by atoms with Gasteiger partial charge in [0.1, 0.15) is 17.1 Å². The van der Waals surface area contributed by atoms with Crippen molar-refractivity contribution in [1.29, 1.82) is 0 Å². The summed E-state index contributed by atoms with van der Waals surface area (Å²) in [5.41, 5.74) is 5.97. The van der Waals surface area contributed by atoms with Crippen molar-refractivity contribution < 1.29 is 4.42 Å². The molecule has 0 saturated carbocycles. The average Bonchev–Trinajstić information content (AvgIpc) is 3.24. The highest BCUT2D eigenvalue weighted by molar-refractivity contribution is 5.92. The number of hydrogen-bond acceptors (Lipinski definition) is 6. The number of furan rings is 1. The Morgan fingerprint density at radius 1 is 0.933 bits per heavy atom. The zero-order valence-electron chi connectivity index (χ0n) is 17.3. The van der Waals surface area contributed by atoms with E-state index < -0.39 is 0 Å². The lowest BCUT2D eigenvalue weighted by Gasteiger charge is -2.29. The van der Waals surface area contributed by atoms with Crippen molar-refractivity contribution in [2.45, 2.75) is 0 Å². The first-order valence-corrected chi connectivity index (χ1v) is 10.3. The maximum absolute atomic E-state index is 6.28. The van der Waals surface area contributed by atoms with E-state index in [2.05, 4.69) is 50.5 Å². The first-order valence-electron chi connectivity index (χ1n) is 10.3. The van der Waals surface area contributed by atoms with Gasteiger partial charge in [-0.2, -0.15) is 0 Å². The molecule has 6 nitrogen and oxygen atoms in total. The van der Waals surface area contributed by atoms with Gasteiger partial charge in [0.05, 0.1) is 0 Å². The molecule has 0 radical (unpaired) electrons. The summed E-state index contributed by atoms with van der Waals surface area (Å²) in [5.74, 6) is 1.75. The van der Waals surface area contributed by atoms with Gasteiger partial charge < -0.3 is 19.5 Å². The summed E-state index contributed by atoms with van der Waals surface area (Å²) in [5, 5.41) is 3.39. The van der Waals surface area contributed by atoms with Crippen LogP contribution in [0.25, 0.3) is 33.6 Å². The van der Waals surface area contributed by atoms with Gasteiger partial charge in [-0.05, 0) is 42.5 Å². The van der Waals surface area contributed by atoms with Crippen molar-refractivity contribution in [3.05, 3.63) is 60.9 Å². The highest BCUT2D eigenvalue weighted by Crippen LogP contribution is 2.34. The highest BCUT2D eigenvalue weighted by atomic mass is 16.3. The van der Waals surface area contributed by atoms with E-state index in [1.54, 1.807) is 0 Å². The van der Waals surface area contributed by atoms with E-state index in [9.17, 15) is 0 Å². The Morgan fingerprint density at radius 2 is 1.70 bits per heavy atom. The number of nitrogens with one attached hydrogen (secondary N) is 1. The van der Waals surface area contributed by atoms with E-state index in [0.717, 1.165) is 65.5 Å². The van der Waals surface area contributed by atoms with Gasteiger partial charge in [0.2, 0.25) is 0 Å². The second-order valence-corrected chi connectivity index (χ2v) is 7.77. The largest absolute Gasteiger partial charge is 0.454 e. The fraction of sp³-hybridized carbons (Fsp3) is 0.250. The molecule has 1 aromatic carbocycles. The van der Waals surface area contributed by atoms with Gasteiger partial charge in [-0.3, -0.25) is 4.98 Å². The molecule has 6 heteroatoms. The van der Waals surface area contributed by atoms with Crippen LogP contribution in [-0.4, -0.2) is 50.2 Å². The number of fused-ring (bicyclic) bond motifs is 1. The van der Waals surface area contributed by atoms with Gasteiger partial charge in [0.25, 0.3) is 0 Å². The van der Waals surface area contributed by atoms with Crippen molar-refractivity contribution in [2.24, 2.45) is 0 Å². The van der Waals surface area contributed by atoms with Gasteiger partial charge >= 0.3 is 0 Å². The normalized spacial score (nSPS) is 14.3. The van der Waals surface area contributed by atoms with Crippen LogP contribution in [0.3, 0.4) is 0 Å². The minimum Gasteiger partial charge on any atom is -0.454 e. The van der Waals surface area contributed by atoms with Crippen LogP contribution in [0.1, 0.15) is 0 Å². The molecule has 1 N–H and O–H groups in total. The molecule has 0 aliphatic carbocycles. The Morgan fingerprint density at radius 3 is 2.40 bits per heavy atom. The van der Waals surface area contributed by atoms with Crippen LogP contribution in [0.4, 0.5) is 11.5 Å². The summed E-state index contributed by atoms with van der Waals surface area (Å²) >= 11 is 0. The van der Waals surface area contributed by atoms with Crippen LogP contribution in [0.2, 0.25) is 0 Å². The van der Waals surface area contributed by atoms with Crippen LogP contribution >= 0.6 is 0 Å². The maximum Gasteiger partial charge on any atom is 0.161 e. The van der Waals surface area contributed by atoms with Crippen molar-refractivity contribution in [3.8, 4) is 22.5 Å². The molecule has 30 heavy (non-hydrogen) atoms. The number of benzene rings is 1. The third kappa shape index (κ3) is 3.50. The SMILES string of the molecule is CN(C)c1ccc(-c2ccnc3cc(-c4ccc(N5CCNCC5)cc4)oc23)cn1. The van der Waals surface area contributed by atoms with E-state index in [1.165, 1.54) is 5.69 Å². The van der Waals surface area contributed by atoms with E-state index in [4.69, 9.17) is 4.42 Å². The minimum atomic E-state index is 0.790. The molecule has 0 amide bonds. The molecule has 1 aliphatic heterocycles. The van der Waals surface area contributed by atoms with E-state index in [0.29, 0.717) is 0 Å².